The number of ether oxygens (including phenoxy) is 1. The first-order chi connectivity index (χ1) is 7.87. The normalized spacial score (nSPS) is 25.6. The second-order valence-electron chi connectivity index (χ2n) is 6.00. The standard InChI is InChI=1S/C16H22O/c1-12(2)11-17-16(5)14-9-7-6-8-13(14)10-15(16,3)4/h6-9H,1,10-11H2,2-5H3. The fourth-order valence-corrected chi connectivity index (χ4v) is 2.69. The summed E-state index contributed by atoms with van der Waals surface area (Å²) in [5.41, 5.74) is 3.76. The van der Waals surface area contributed by atoms with Crippen LogP contribution in [0.1, 0.15) is 38.8 Å². The highest BCUT2D eigenvalue weighted by atomic mass is 16.5. The summed E-state index contributed by atoms with van der Waals surface area (Å²) in [6.07, 6.45) is 1.08. The van der Waals surface area contributed by atoms with Crippen molar-refractivity contribution in [2.24, 2.45) is 5.41 Å². The van der Waals surface area contributed by atoms with Crippen LogP contribution in [-0.4, -0.2) is 6.61 Å². The number of benzene rings is 1. The van der Waals surface area contributed by atoms with Crippen molar-refractivity contribution in [2.45, 2.75) is 39.7 Å². The van der Waals surface area contributed by atoms with Gasteiger partial charge in [0, 0.05) is 5.41 Å². The second kappa shape index (κ2) is 3.99. The van der Waals surface area contributed by atoms with Gasteiger partial charge < -0.3 is 4.74 Å². The molecule has 0 bridgehead atoms. The number of rotatable bonds is 3. The van der Waals surface area contributed by atoms with Gasteiger partial charge in [-0.05, 0) is 31.4 Å². The highest BCUT2D eigenvalue weighted by Gasteiger charge is 2.49. The Balaban J connectivity index is 2.39. The van der Waals surface area contributed by atoms with E-state index in [0.717, 1.165) is 12.0 Å². The molecule has 1 heteroatoms. The highest BCUT2D eigenvalue weighted by molar-refractivity contribution is 5.40. The van der Waals surface area contributed by atoms with Gasteiger partial charge in [0.1, 0.15) is 0 Å². The van der Waals surface area contributed by atoms with Crippen LogP contribution in [0.15, 0.2) is 36.4 Å². The van der Waals surface area contributed by atoms with Crippen LogP contribution < -0.4 is 0 Å². The van der Waals surface area contributed by atoms with Gasteiger partial charge in [-0.3, -0.25) is 0 Å². The molecule has 0 fully saturated rings. The van der Waals surface area contributed by atoms with Crippen molar-refractivity contribution in [3.05, 3.63) is 47.5 Å². The van der Waals surface area contributed by atoms with E-state index < -0.39 is 0 Å². The van der Waals surface area contributed by atoms with Crippen molar-refractivity contribution in [1.82, 2.24) is 0 Å². The van der Waals surface area contributed by atoms with E-state index in [1.165, 1.54) is 11.1 Å². The Bertz CT molecular complexity index is 445. The van der Waals surface area contributed by atoms with E-state index in [0.29, 0.717) is 6.61 Å². The molecule has 0 saturated heterocycles. The predicted molar refractivity (Wildman–Crippen MR) is 72.0 cm³/mol. The first-order valence-electron chi connectivity index (χ1n) is 6.23. The molecule has 0 amide bonds. The lowest BCUT2D eigenvalue weighted by Crippen LogP contribution is -2.38. The zero-order chi connectivity index (χ0) is 12.7. The van der Waals surface area contributed by atoms with Crippen LogP contribution in [0.4, 0.5) is 0 Å². The molecule has 0 saturated carbocycles. The Kier molecular flexibility index (Phi) is 2.90. The average molecular weight is 230 g/mol. The molecule has 1 atom stereocenters. The molecule has 1 aromatic rings. The highest BCUT2D eigenvalue weighted by Crippen LogP contribution is 2.52. The fourth-order valence-electron chi connectivity index (χ4n) is 2.69. The molecule has 0 aromatic heterocycles. The lowest BCUT2D eigenvalue weighted by Gasteiger charge is -2.39. The third kappa shape index (κ3) is 1.93. The van der Waals surface area contributed by atoms with Crippen LogP contribution in [0.2, 0.25) is 0 Å². The maximum Gasteiger partial charge on any atom is 0.0964 e. The molecule has 92 valence electrons. The Hall–Kier alpha value is -1.08. The molecule has 1 nitrogen and oxygen atoms in total. The van der Waals surface area contributed by atoms with Crippen LogP contribution in [0, 0.1) is 5.41 Å². The molecular weight excluding hydrogens is 208 g/mol. The van der Waals surface area contributed by atoms with Crippen molar-refractivity contribution in [3.8, 4) is 0 Å². The molecule has 0 heterocycles. The molecule has 0 aliphatic heterocycles. The van der Waals surface area contributed by atoms with Crippen molar-refractivity contribution < 1.29 is 4.74 Å². The summed E-state index contributed by atoms with van der Waals surface area (Å²) in [6, 6.07) is 8.62. The molecule has 0 radical (unpaired) electrons. The molecular formula is C16H22O. The largest absolute Gasteiger partial charge is 0.366 e. The molecule has 1 unspecified atom stereocenters. The smallest absolute Gasteiger partial charge is 0.0964 e. The van der Waals surface area contributed by atoms with E-state index in [9.17, 15) is 0 Å². The van der Waals surface area contributed by atoms with Crippen LogP contribution in [0.3, 0.4) is 0 Å². The van der Waals surface area contributed by atoms with E-state index in [1.54, 1.807) is 0 Å². The first-order valence-corrected chi connectivity index (χ1v) is 6.23. The summed E-state index contributed by atoms with van der Waals surface area (Å²) in [7, 11) is 0. The summed E-state index contributed by atoms with van der Waals surface area (Å²) in [6.45, 7) is 13.3. The third-order valence-electron chi connectivity index (χ3n) is 4.06. The molecule has 0 N–H and O–H groups in total. The topological polar surface area (TPSA) is 9.23 Å². The van der Waals surface area contributed by atoms with Crippen molar-refractivity contribution in [2.75, 3.05) is 6.61 Å². The SMILES string of the molecule is C=C(C)COC1(C)c2ccccc2CC1(C)C. The van der Waals surface area contributed by atoms with Crippen LogP contribution in [0.25, 0.3) is 0 Å². The van der Waals surface area contributed by atoms with E-state index in [1.807, 2.05) is 6.92 Å². The molecule has 0 spiro atoms. The predicted octanol–water partition coefficient (Wildman–Crippen LogP) is 4.08. The van der Waals surface area contributed by atoms with E-state index in [-0.39, 0.29) is 11.0 Å². The van der Waals surface area contributed by atoms with Gasteiger partial charge in [0.15, 0.2) is 0 Å². The summed E-state index contributed by atoms with van der Waals surface area (Å²) in [5.74, 6) is 0. The van der Waals surface area contributed by atoms with Gasteiger partial charge in [-0.15, -0.1) is 0 Å². The summed E-state index contributed by atoms with van der Waals surface area (Å²) in [4.78, 5) is 0. The lowest BCUT2D eigenvalue weighted by molar-refractivity contribution is -0.0975. The van der Waals surface area contributed by atoms with Gasteiger partial charge in [-0.2, -0.15) is 0 Å². The second-order valence-corrected chi connectivity index (χ2v) is 6.00. The minimum Gasteiger partial charge on any atom is -0.366 e. The Morgan fingerprint density at radius 1 is 1.29 bits per heavy atom. The summed E-state index contributed by atoms with van der Waals surface area (Å²) >= 11 is 0. The van der Waals surface area contributed by atoms with Crippen LogP contribution in [0.5, 0.6) is 0 Å². The quantitative estimate of drug-likeness (QED) is 0.711. The summed E-state index contributed by atoms with van der Waals surface area (Å²) in [5, 5.41) is 0. The number of hydrogen-bond acceptors (Lipinski definition) is 1. The average Bonchev–Trinajstić information content (AvgIpc) is 2.45. The minimum absolute atomic E-state index is 0.131. The monoisotopic (exact) mass is 230 g/mol. The van der Waals surface area contributed by atoms with Gasteiger partial charge in [0.2, 0.25) is 0 Å². The number of hydrogen-bond donors (Lipinski definition) is 0. The van der Waals surface area contributed by atoms with Crippen LogP contribution >= 0.6 is 0 Å². The van der Waals surface area contributed by atoms with E-state index >= 15 is 0 Å². The van der Waals surface area contributed by atoms with Gasteiger partial charge >= 0.3 is 0 Å². The first kappa shape index (κ1) is 12.4. The third-order valence-corrected chi connectivity index (χ3v) is 4.06. The van der Waals surface area contributed by atoms with Gasteiger partial charge in [-0.25, -0.2) is 0 Å². The fraction of sp³-hybridized carbons (Fsp3) is 0.500. The van der Waals surface area contributed by atoms with Gasteiger partial charge in [-0.1, -0.05) is 50.3 Å². The Morgan fingerprint density at radius 3 is 2.59 bits per heavy atom. The zero-order valence-electron chi connectivity index (χ0n) is 11.3. The Morgan fingerprint density at radius 2 is 1.94 bits per heavy atom. The van der Waals surface area contributed by atoms with E-state index in [4.69, 9.17) is 4.74 Å². The Labute approximate surface area is 104 Å². The molecule has 1 aliphatic rings. The lowest BCUT2D eigenvalue weighted by atomic mass is 9.76. The molecule has 1 aromatic carbocycles. The van der Waals surface area contributed by atoms with Crippen molar-refractivity contribution in [3.63, 3.8) is 0 Å². The zero-order valence-corrected chi connectivity index (χ0v) is 11.3. The molecule has 17 heavy (non-hydrogen) atoms. The minimum atomic E-state index is -0.206. The van der Waals surface area contributed by atoms with Gasteiger partial charge in [0.25, 0.3) is 0 Å². The van der Waals surface area contributed by atoms with Crippen LogP contribution in [-0.2, 0) is 16.8 Å². The molecule has 1 aliphatic carbocycles. The van der Waals surface area contributed by atoms with Gasteiger partial charge in [0.05, 0.1) is 12.2 Å². The summed E-state index contributed by atoms with van der Waals surface area (Å²) < 4.78 is 6.19. The maximum absolute atomic E-state index is 6.19. The number of fused-ring (bicyclic) bond motifs is 1. The van der Waals surface area contributed by atoms with Crippen molar-refractivity contribution in [1.29, 1.82) is 0 Å². The maximum atomic E-state index is 6.19. The molecule has 2 rings (SSSR count). The van der Waals surface area contributed by atoms with Crippen molar-refractivity contribution >= 4 is 0 Å². The van der Waals surface area contributed by atoms with E-state index in [2.05, 4.69) is 51.6 Å².